The molecule has 29 heavy (non-hydrogen) atoms. The molecular weight excluding hydrogens is 366 g/mol. The summed E-state index contributed by atoms with van der Waals surface area (Å²) in [4.78, 5) is 36.0. The Bertz CT molecular complexity index is 926. The molecule has 3 aromatic rings. The molecule has 8 heteroatoms. The number of carbonyl (C=O) groups is 1. The summed E-state index contributed by atoms with van der Waals surface area (Å²) in [5.41, 5.74) is 1.43. The Balaban J connectivity index is 1.35. The minimum absolute atomic E-state index is 0.140. The van der Waals surface area contributed by atoms with E-state index in [4.69, 9.17) is 0 Å². The fourth-order valence-corrected chi connectivity index (χ4v) is 3.31. The molecule has 1 fully saturated rings. The first-order valence-corrected chi connectivity index (χ1v) is 9.59. The number of carbonyl (C=O) groups excluding carboxylic acids is 1. The van der Waals surface area contributed by atoms with Crippen molar-refractivity contribution in [2.45, 2.75) is 6.54 Å². The lowest BCUT2D eigenvalue weighted by Crippen LogP contribution is -2.47. The smallest absolute Gasteiger partial charge is 0.274 e. The summed E-state index contributed by atoms with van der Waals surface area (Å²) in [7, 11) is 1.77. The fraction of sp³-hybridized carbons (Fsp3) is 0.286. The van der Waals surface area contributed by atoms with Gasteiger partial charge in [-0.2, -0.15) is 0 Å². The van der Waals surface area contributed by atoms with Crippen LogP contribution in [0.4, 0.5) is 11.8 Å². The number of rotatable bonds is 5. The number of nitrogens with zero attached hydrogens (tertiary/aromatic N) is 7. The van der Waals surface area contributed by atoms with Crippen molar-refractivity contribution in [2.75, 3.05) is 43.0 Å². The van der Waals surface area contributed by atoms with E-state index < -0.39 is 0 Å². The van der Waals surface area contributed by atoms with Gasteiger partial charge in [-0.15, -0.1) is 0 Å². The number of hydrogen-bond donors (Lipinski definition) is 0. The van der Waals surface area contributed by atoms with Crippen LogP contribution < -0.4 is 9.80 Å². The average molecular weight is 389 g/mol. The van der Waals surface area contributed by atoms with E-state index in [0.717, 1.165) is 43.5 Å². The lowest BCUT2D eigenvalue weighted by Gasteiger charge is -2.35. The van der Waals surface area contributed by atoms with Crippen molar-refractivity contribution < 1.29 is 4.79 Å². The Hall–Kier alpha value is -3.55. The third-order valence-corrected chi connectivity index (χ3v) is 4.91. The quantitative estimate of drug-likeness (QED) is 0.659. The van der Waals surface area contributed by atoms with Crippen LogP contribution in [-0.4, -0.2) is 64.0 Å². The van der Waals surface area contributed by atoms with Crippen molar-refractivity contribution in [3.63, 3.8) is 0 Å². The first-order chi connectivity index (χ1) is 14.2. The Morgan fingerprint density at radius 1 is 0.897 bits per heavy atom. The van der Waals surface area contributed by atoms with Crippen LogP contribution in [0.2, 0.25) is 0 Å². The minimum atomic E-state index is -0.140. The van der Waals surface area contributed by atoms with Crippen LogP contribution in [0.3, 0.4) is 0 Å². The molecule has 3 heterocycles. The molecule has 2 aromatic heterocycles. The van der Waals surface area contributed by atoms with Crippen LogP contribution in [0.1, 0.15) is 16.1 Å². The minimum Gasteiger partial charge on any atom is -0.352 e. The normalized spacial score (nSPS) is 14.0. The van der Waals surface area contributed by atoms with Crippen molar-refractivity contribution >= 4 is 17.7 Å². The van der Waals surface area contributed by atoms with Crippen LogP contribution in [0, 0.1) is 0 Å². The monoisotopic (exact) mass is 389 g/mol. The second kappa shape index (κ2) is 8.64. The number of hydrogen-bond acceptors (Lipinski definition) is 7. The maximum Gasteiger partial charge on any atom is 0.274 e. The highest BCUT2D eigenvalue weighted by Gasteiger charge is 2.21. The Labute approximate surface area is 169 Å². The number of aromatic nitrogens is 4. The molecule has 0 saturated carbocycles. The van der Waals surface area contributed by atoms with Gasteiger partial charge in [-0.05, 0) is 11.6 Å². The van der Waals surface area contributed by atoms with Gasteiger partial charge in [0, 0.05) is 52.2 Å². The van der Waals surface area contributed by atoms with Gasteiger partial charge in [-0.1, -0.05) is 30.3 Å². The molecule has 0 spiro atoms. The molecule has 1 aromatic carbocycles. The molecule has 0 radical (unpaired) electrons. The molecule has 0 unspecified atom stereocenters. The van der Waals surface area contributed by atoms with Crippen molar-refractivity contribution in [3.05, 3.63) is 72.4 Å². The Kier molecular flexibility index (Phi) is 5.60. The molecular formula is C21H23N7O. The van der Waals surface area contributed by atoms with E-state index in [-0.39, 0.29) is 5.91 Å². The second-order valence-corrected chi connectivity index (χ2v) is 6.93. The summed E-state index contributed by atoms with van der Waals surface area (Å²) < 4.78 is 0. The molecule has 1 aliphatic rings. The second-order valence-electron chi connectivity index (χ2n) is 6.93. The predicted molar refractivity (Wildman–Crippen MR) is 111 cm³/mol. The van der Waals surface area contributed by atoms with Crippen molar-refractivity contribution in [3.8, 4) is 0 Å². The fourth-order valence-electron chi connectivity index (χ4n) is 3.31. The zero-order chi connectivity index (χ0) is 20.1. The first-order valence-electron chi connectivity index (χ1n) is 9.59. The summed E-state index contributed by atoms with van der Waals surface area (Å²) >= 11 is 0. The van der Waals surface area contributed by atoms with Gasteiger partial charge in [0.05, 0.1) is 12.4 Å². The lowest BCUT2D eigenvalue weighted by atomic mass is 10.2. The van der Waals surface area contributed by atoms with Gasteiger partial charge >= 0.3 is 0 Å². The van der Waals surface area contributed by atoms with Gasteiger partial charge in [0.25, 0.3) is 5.91 Å². The van der Waals surface area contributed by atoms with Crippen LogP contribution in [0.15, 0.2) is 61.2 Å². The molecule has 8 nitrogen and oxygen atoms in total. The first kappa shape index (κ1) is 18.8. The number of amides is 1. The van der Waals surface area contributed by atoms with E-state index in [9.17, 15) is 4.79 Å². The molecule has 148 valence electrons. The van der Waals surface area contributed by atoms with Gasteiger partial charge in [-0.3, -0.25) is 4.79 Å². The van der Waals surface area contributed by atoms with Crippen molar-refractivity contribution in [2.24, 2.45) is 0 Å². The van der Waals surface area contributed by atoms with E-state index >= 15 is 0 Å². The third kappa shape index (κ3) is 4.48. The van der Waals surface area contributed by atoms with Crippen LogP contribution in [-0.2, 0) is 6.54 Å². The summed E-state index contributed by atoms with van der Waals surface area (Å²) in [6.45, 7) is 3.76. The molecule has 1 aliphatic heterocycles. The highest BCUT2D eigenvalue weighted by molar-refractivity contribution is 5.91. The van der Waals surface area contributed by atoms with E-state index in [0.29, 0.717) is 12.2 Å². The maximum atomic E-state index is 12.6. The van der Waals surface area contributed by atoms with Gasteiger partial charge in [-0.25, -0.2) is 19.9 Å². The van der Waals surface area contributed by atoms with Gasteiger partial charge in [0.2, 0.25) is 5.95 Å². The highest BCUT2D eigenvalue weighted by Crippen LogP contribution is 2.16. The van der Waals surface area contributed by atoms with Crippen molar-refractivity contribution in [1.82, 2.24) is 24.8 Å². The molecule has 4 rings (SSSR count). The molecule has 1 saturated heterocycles. The maximum absolute atomic E-state index is 12.6. The summed E-state index contributed by atoms with van der Waals surface area (Å²) in [5, 5.41) is 0. The number of benzene rings is 1. The lowest BCUT2D eigenvalue weighted by molar-refractivity contribution is 0.0779. The number of anilines is 2. The zero-order valence-electron chi connectivity index (χ0n) is 16.3. The van der Waals surface area contributed by atoms with E-state index in [2.05, 4.69) is 29.7 Å². The molecule has 0 bridgehead atoms. The van der Waals surface area contributed by atoms with Crippen LogP contribution >= 0.6 is 0 Å². The summed E-state index contributed by atoms with van der Waals surface area (Å²) in [6, 6.07) is 11.7. The predicted octanol–water partition coefficient (Wildman–Crippen LogP) is 1.87. The van der Waals surface area contributed by atoms with Crippen molar-refractivity contribution in [1.29, 1.82) is 0 Å². The third-order valence-electron chi connectivity index (χ3n) is 4.91. The number of piperazine rings is 1. The average Bonchev–Trinajstić information content (AvgIpc) is 2.80. The van der Waals surface area contributed by atoms with E-state index in [1.54, 1.807) is 36.7 Å². The van der Waals surface area contributed by atoms with Gasteiger partial charge in [0.1, 0.15) is 11.5 Å². The molecule has 0 aliphatic carbocycles. The van der Waals surface area contributed by atoms with Crippen LogP contribution in [0.25, 0.3) is 0 Å². The SMILES string of the molecule is CN(Cc1ccccc1)C(=O)c1cnc(N2CCN(c3ncccn3)CC2)cn1. The molecule has 0 N–H and O–H groups in total. The Morgan fingerprint density at radius 2 is 1.59 bits per heavy atom. The Morgan fingerprint density at radius 3 is 2.24 bits per heavy atom. The highest BCUT2D eigenvalue weighted by atomic mass is 16.2. The zero-order valence-corrected chi connectivity index (χ0v) is 16.3. The van der Waals surface area contributed by atoms with E-state index in [1.165, 1.54) is 0 Å². The molecule has 0 atom stereocenters. The van der Waals surface area contributed by atoms with Gasteiger partial charge < -0.3 is 14.7 Å². The topological polar surface area (TPSA) is 78.4 Å². The van der Waals surface area contributed by atoms with E-state index in [1.807, 2.05) is 36.4 Å². The van der Waals surface area contributed by atoms with Crippen LogP contribution in [0.5, 0.6) is 0 Å². The summed E-state index contributed by atoms with van der Waals surface area (Å²) in [6.07, 6.45) is 6.75. The standard InChI is InChI=1S/C21H23N7O/c1-26(16-17-6-3-2-4-7-17)20(29)18-14-25-19(15-24-18)27-10-12-28(13-11-27)21-22-8-5-9-23-21/h2-9,14-15H,10-13,16H2,1H3. The molecule has 1 amide bonds. The van der Waals surface area contributed by atoms with Gasteiger partial charge in [0.15, 0.2) is 0 Å². The largest absolute Gasteiger partial charge is 0.352 e. The summed E-state index contributed by atoms with van der Waals surface area (Å²) in [5.74, 6) is 1.39.